The van der Waals surface area contributed by atoms with Crippen LogP contribution >= 0.6 is 0 Å². The molecule has 2 N–H and O–H groups in total. The summed E-state index contributed by atoms with van der Waals surface area (Å²) in [6, 6.07) is 0. The lowest BCUT2D eigenvalue weighted by Crippen LogP contribution is -2.19. The molecule has 66 valence electrons. The molecule has 1 aliphatic carbocycles. The molecule has 2 aromatic rings. The Labute approximate surface area is 75.4 Å². The van der Waals surface area contributed by atoms with Gasteiger partial charge in [-0.3, -0.25) is 4.40 Å². The van der Waals surface area contributed by atoms with Gasteiger partial charge in [-0.2, -0.15) is 0 Å². The Morgan fingerprint density at radius 3 is 3.00 bits per heavy atom. The predicted molar refractivity (Wildman–Crippen MR) is 48.1 cm³/mol. The Hall–Kier alpha value is -1.42. The van der Waals surface area contributed by atoms with Gasteiger partial charge in [0, 0.05) is 35.9 Å². The minimum atomic E-state index is -0.106. The summed E-state index contributed by atoms with van der Waals surface area (Å²) < 4.78 is 1.91. The molecule has 1 saturated carbocycles. The summed E-state index contributed by atoms with van der Waals surface area (Å²) in [5.74, 6) is 0.730. The summed E-state index contributed by atoms with van der Waals surface area (Å²) in [5, 5.41) is 0. The number of hydrogen-bond acceptors (Lipinski definition) is 3. The van der Waals surface area contributed by atoms with Crippen molar-refractivity contribution in [3.05, 3.63) is 30.4 Å². The fraction of sp³-hybridized carbons (Fsp3) is 0.333. The van der Waals surface area contributed by atoms with Gasteiger partial charge in [0.25, 0.3) is 0 Å². The van der Waals surface area contributed by atoms with Crippen LogP contribution < -0.4 is 5.73 Å². The highest BCUT2D eigenvalue weighted by atomic mass is 15.1. The first-order chi connectivity index (χ1) is 6.28. The molecule has 0 bridgehead atoms. The van der Waals surface area contributed by atoms with Gasteiger partial charge < -0.3 is 5.73 Å². The van der Waals surface area contributed by atoms with E-state index in [9.17, 15) is 0 Å². The van der Waals surface area contributed by atoms with Gasteiger partial charge in [0.2, 0.25) is 5.78 Å². The molecular formula is C9H10N4. The number of rotatable bonds is 1. The smallest absolute Gasteiger partial charge is 0.233 e. The van der Waals surface area contributed by atoms with Gasteiger partial charge in [0.1, 0.15) is 0 Å². The van der Waals surface area contributed by atoms with Crippen molar-refractivity contribution in [3.8, 4) is 0 Å². The monoisotopic (exact) mass is 174 g/mol. The number of aromatic nitrogens is 3. The van der Waals surface area contributed by atoms with Crippen LogP contribution in [0.25, 0.3) is 5.78 Å². The maximum atomic E-state index is 6.05. The van der Waals surface area contributed by atoms with Crippen molar-refractivity contribution in [2.45, 2.75) is 18.4 Å². The minimum Gasteiger partial charge on any atom is -0.321 e. The quantitative estimate of drug-likeness (QED) is 0.691. The van der Waals surface area contributed by atoms with E-state index in [1.54, 1.807) is 6.20 Å². The third kappa shape index (κ3) is 0.954. The van der Waals surface area contributed by atoms with Gasteiger partial charge in [0.05, 0.1) is 0 Å². The van der Waals surface area contributed by atoms with Gasteiger partial charge in [-0.1, -0.05) is 0 Å². The molecule has 4 nitrogen and oxygen atoms in total. The van der Waals surface area contributed by atoms with Crippen LogP contribution in [0.2, 0.25) is 0 Å². The average molecular weight is 174 g/mol. The molecule has 3 rings (SSSR count). The Morgan fingerprint density at radius 1 is 1.38 bits per heavy atom. The number of nitrogens with two attached hydrogens (primary N) is 1. The van der Waals surface area contributed by atoms with Crippen molar-refractivity contribution in [1.82, 2.24) is 14.4 Å². The molecule has 2 aromatic heterocycles. The van der Waals surface area contributed by atoms with Crippen LogP contribution in [0.15, 0.2) is 24.8 Å². The molecule has 0 atom stereocenters. The van der Waals surface area contributed by atoms with Gasteiger partial charge in [-0.05, 0) is 12.8 Å². The van der Waals surface area contributed by atoms with E-state index in [4.69, 9.17) is 5.73 Å². The zero-order valence-corrected chi connectivity index (χ0v) is 7.14. The van der Waals surface area contributed by atoms with Crippen molar-refractivity contribution < 1.29 is 0 Å². The highest BCUT2D eigenvalue weighted by molar-refractivity contribution is 5.33. The van der Waals surface area contributed by atoms with Crippen LogP contribution in [0.3, 0.4) is 0 Å². The lowest BCUT2D eigenvalue weighted by atomic mass is 10.1. The van der Waals surface area contributed by atoms with Crippen LogP contribution in [0.5, 0.6) is 0 Å². The van der Waals surface area contributed by atoms with Crippen molar-refractivity contribution in [2.75, 3.05) is 0 Å². The van der Waals surface area contributed by atoms with E-state index in [0.717, 1.165) is 24.2 Å². The molecule has 0 aliphatic heterocycles. The topological polar surface area (TPSA) is 56.2 Å². The first kappa shape index (κ1) is 7.03. The molecule has 0 spiro atoms. The van der Waals surface area contributed by atoms with E-state index in [1.165, 1.54) is 0 Å². The molecule has 1 aliphatic rings. The molecule has 0 aromatic carbocycles. The van der Waals surface area contributed by atoms with Crippen LogP contribution in [0, 0.1) is 0 Å². The Morgan fingerprint density at radius 2 is 2.23 bits per heavy atom. The average Bonchev–Trinajstić information content (AvgIpc) is 2.74. The first-order valence-corrected chi connectivity index (χ1v) is 4.36. The van der Waals surface area contributed by atoms with E-state index in [2.05, 4.69) is 9.97 Å². The van der Waals surface area contributed by atoms with Gasteiger partial charge >= 0.3 is 0 Å². The Kier molecular flexibility index (Phi) is 1.13. The Bertz CT molecular complexity index is 455. The summed E-state index contributed by atoms with van der Waals surface area (Å²) in [5.41, 5.74) is 7.06. The van der Waals surface area contributed by atoms with E-state index < -0.39 is 0 Å². The summed E-state index contributed by atoms with van der Waals surface area (Å²) in [4.78, 5) is 8.29. The summed E-state index contributed by atoms with van der Waals surface area (Å²) in [6.07, 6.45) is 9.60. The molecule has 0 radical (unpaired) electrons. The number of imidazole rings is 1. The van der Waals surface area contributed by atoms with Crippen LogP contribution in [0.4, 0.5) is 0 Å². The van der Waals surface area contributed by atoms with Crippen molar-refractivity contribution >= 4 is 5.78 Å². The fourth-order valence-electron chi connectivity index (χ4n) is 1.50. The zero-order chi connectivity index (χ0) is 8.89. The molecule has 13 heavy (non-hydrogen) atoms. The summed E-state index contributed by atoms with van der Waals surface area (Å²) in [7, 11) is 0. The predicted octanol–water partition coefficient (Wildman–Crippen LogP) is 0.677. The van der Waals surface area contributed by atoms with Crippen molar-refractivity contribution in [2.24, 2.45) is 5.73 Å². The second kappa shape index (κ2) is 2.09. The zero-order valence-electron chi connectivity index (χ0n) is 7.14. The lowest BCUT2D eigenvalue weighted by Gasteiger charge is -2.07. The molecular weight excluding hydrogens is 164 g/mol. The van der Waals surface area contributed by atoms with Crippen LogP contribution in [-0.4, -0.2) is 14.4 Å². The largest absolute Gasteiger partial charge is 0.321 e. The van der Waals surface area contributed by atoms with Gasteiger partial charge in [0.15, 0.2) is 0 Å². The summed E-state index contributed by atoms with van der Waals surface area (Å²) >= 11 is 0. The Balaban J connectivity index is 2.20. The molecule has 1 fully saturated rings. The van der Waals surface area contributed by atoms with Crippen molar-refractivity contribution in [3.63, 3.8) is 0 Å². The number of fused-ring (bicyclic) bond motifs is 1. The SMILES string of the molecule is NC1(c2cnc3nccn3c2)CC1. The van der Waals surface area contributed by atoms with E-state index in [1.807, 2.05) is 23.0 Å². The summed E-state index contributed by atoms with van der Waals surface area (Å²) in [6.45, 7) is 0. The number of nitrogens with zero attached hydrogens (tertiary/aromatic N) is 3. The first-order valence-electron chi connectivity index (χ1n) is 4.36. The van der Waals surface area contributed by atoms with Gasteiger partial charge in [-0.15, -0.1) is 0 Å². The molecule has 0 unspecified atom stereocenters. The molecule has 2 heterocycles. The molecule has 4 heteroatoms. The maximum Gasteiger partial charge on any atom is 0.233 e. The highest BCUT2D eigenvalue weighted by Crippen LogP contribution is 2.42. The minimum absolute atomic E-state index is 0.106. The molecule has 0 saturated heterocycles. The second-order valence-corrected chi connectivity index (χ2v) is 3.63. The third-order valence-electron chi connectivity index (χ3n) is 2.61. The van der Waals surface area contributed by atoms with Crippen LogP contribution in [0.1, 0.15) is 18.4 Å². The van der Waals surface area contributed by atoms with Crippen molar-refractivity contribution in [1.29, 1.82) is 0 Å². The second-order valence-electron chi connectivity index (χ2n) is 3.63. The normalized spacial score (nSPS) is 19.2. The maximum absolute atomic E-state index is 6.05. The van der Waals surface area contributed by atoms with E-state index in [-0.39, 0.29) is 5.54 Å². The van der Waals surface area contributed by atoms with Crippen LogP contribution in [-0.2, 0) is 5.54 Å². The van der Waals surface area contributed by atoms with E-state index >= 15 is 0 Å². The number of hydrogen-bond donors (Lipinski definition) is 1. The standard InChI is InChI=1S/C9H10N4/c10-9(1-2-9)7-5-12-8-11-3-4-13(8)6-7/h3-6H,1-2,10H2. The molecule has 0 amide bonds. The highest BCUT2D eigenvalue weighted by Gasteiger charge is 2.40. The van der Waals surface area contributed by atoms with Gasteiger partial charge in [-0.25, -0.2) is 9.97 Å². The fourth-order valence-corrected chi connectivity index (χ4v) is 1.50. The lowest BCUT2D eigenvalue weighted by molar-refractivity contribution is 0.726. The third-order valence-corrected chi connectivity index (χ3v) is 2.61. The van der Waals surface area contributed by atoms with E-state index in [0.29, 0.717) is 0 Å².